The Morgan fingerprint density at radius 3 is 2.48 bits per heavy atom. The zero-order chi connectivity index (χ0) is 18.0. The summed E-state index contributed by atoms with van der Waals surface area (Å²) in [4.78, 5) is 24.0. The van der Waals surface area contributed by atoms with Gasteiger partial charge in [-0.25, -0.2) is 4.68 Å². The lowest BCUT2D eigenvalue weighted by molar-refractivity contribution is 0.100. The molecule has 0 saturated carbocycles. The van der Waals surface area contributed by atoms with E-state index in [4.69, 9.17) is 5.73 Å². The first-order valence-electron chi connectivity index (χ1n) is 7.66. The summed E-state index contributed by atoms with van der Waals surface area (Å²) in [5.41, 5.74) is 8.78. The number of aryl methyl sites for hydroxylation is 2. The van der Waals surface area contributed by atoms with E-state index in [9.17, 15) is 9.59 Å². The van der Waals surface area contributed by atoms with E-state index in [1.54, 1.807) is 25.1 Å². The molecule has 2 amide bonds. The zero-order valence-corrected chi connectivity index (χ0v) is 13.9. The van der Waals surface area contributed by atoms with E-state index >= 15 is 0 Å². The van der Waals surface area contributed by atoms with Crippen molar-refractivity contribution in [3.05, 3.63) is 71.0 Å². The van der Waals surface area contributed by atoms with Crippen molar-refractivity contribution in [2.75, 3.05) is 5.32 Å². The Labute approximate surface area is 144 Å². The minimum Gasteiger partial charge on any atom is -0.366 e. The fourth-order valence-corrected chi connectivity index (χ4v) is 2.48. The minimum absolute atomic E-state index is 0.137. The predicted octanol–water partition coefficient (Wildman–Crippen LogP) is 2.24. The first kappa shape index (κ1) is 16.4. The van der Waals surface area contributed by atoms with Crippen LogP contribution in [0.5, 0.6) is 0 Å². The summed E-state index contributed by atoms with van der Waals surface area (Å²) in [7, 11) is 0. The average molecular weight is 335 g/mol. The normalized spacial score (nSPS) is 10.5. The number of nitrogens with one attached hydrogen (secondary N) is 1. The summed E-state index contributed by atoms with van der Waals surface area (Å²) < 4.78 is 1.51. The monoisotopic (exact) mass is 335 g/mol. The Hall–Kier alpha value is -3.48. The predicted molar refractivity (Wildman–Crippen MR) is 93.7 cm³/mol. The average Bonchev–Trinajstić information content (AvgIpc) is 3.05. The van der Waals surface area contributed by atoms with Gasteiger partial charge in [-0.1, -0.05) is 35.0 Å². The van der Waals surface area contributed by atoms with Crippen LogP contribution in [-0.2, 0) is 0 Å². The molecule has 0 radical (unpaired) electrons. The number of amides is 2. The van der Waals surface area contributed by atoms with Gasteiger partial charge in [0.05, 0.1) is 23.1 Å². The largest absolute Gasteiger partial charge is 0.366 e. The van der Waals surface area contributed by atoms with Gasteiger partial charge in [0.2, 0.25) is 0 Å². The highest BCUT2D eigenvalue weighted by Crippen LogP contribution is 2.19. The maximum absolute atomic E-state index is 12.4. The highest BCUT2D eigenvalue weighted by molar-refractivity contribution is 6.08. The quantitative estimate of drug-likeness (QED) is 0.763. The summed E-state index contributed by atoms with van der Waals surface area (Å²) in [6.07, 6.45) is 1.53. The first-order valence-corrected chi connectivity index (χ1v) is 7.66. The molecule has 1 aromatic heterocycles. The van der Waals surface area contributed by atoms with Crippen LogP contribution in [0.1, 0.15) is 32.0 Å². The maximum atomic E-state index is 12.4. The third kappa shape index (κ3) is 3.40. The molecular weight excluding hydrogens is 318 g/mol. The molecule has 2 aromatic carbocycles. The highest BCUT2D eigenvalue weighted by atomic mass is 16.2. The fourth-order valence-electron chi connectivity index (χ4n) is 2.48. The van der Waals surface area contributed by atoms with Crippen molar-refractivity contribution in [1.82, 2.24) is 15.0 Å². The van der Waals surface area contributed by atoms with Crippen molar-refractivity contribution in [2.45, 2.75) is 13.8 Å². The molecule has 126 valence electrons. The number of hydrogen-bond acceptors (Lipinski definition) is 4. The molecule has 0 spiro atoms. The number of nitrogens with two attached hydrogens (primary N) is 1. The van der Waals surface area contributed by atoms with Gasteiger partial charge in [0.1, 0.15) is 0 Å². The van der Waals surface area contributed by atoms with Crippen LogP contribution in [0.3, 0.4) is 0 Å². The van der Waals surface area contributed by atoms with Crippen LogP contribution in [0, 0.1) is 13.8 Å². The number of rotatable bonds is 4. The van der Waals surface area contributed by atoms with Gasteiger partial charge in [0.25, 0.3) is 11.8 Å². The molecule has 3 N–H and O–H groups in total. The molecule has 25 heavy (non-hydrogen) atoms. The van der Waals surface area contributed by atoms with Gasteiger partial charge in [-0.05, 0) is 37.6 Å². The summed E-state index contributed by atoms with van der Waals surface area (Å²) in [6, 6.07) is 12.8. The Bertz CT molecular complexity index is 944. The molecule has 0 aliphatic heterocycles. The van der Waals surface area contributed by atoms with Crippen molar-refractivity contribution >= 4 is 17.5 Å². The highest BCUT2D eigenvalue weighted by Gasteiger charge is 2.16. The van der Waals surface area contributed by atoms with Crippen molar-refractivity contribution in [1.29, 1.82) is 0 Å². The third-order valence-electron chi connectivity index (χ3n) is 3.79. The van der Waals surface area contributed by atoms with E-state index in [2.05, 4.69) is 15.6 Å². The number of benzene rings is 2. The topological polar surface area (TPSA) is 103 Å². The molecule has 7 heteroatoms. The second-order valence-corrected chi connectivity index (χ2v) is 5.70. The van der Waals surface area contributed by atoms with E-state index in [-0.39, 0.29) is 11.3 Å². The summed E-state index contributed by atoms with van der Waals surface area (Å²) in [6.45, 7) is 3.74. The number of carbonyl (C=O) groups is 2. The zero-order valence-electron chi connectivity index (χ0n) is 13.9. The molecule has 0 aliphatic carbocycles. The molecular formula is C18H17N5O2. The number of aromatic nitrogens is 3. The second-order valence-electron chi connectivity index (χ2n) is 5.70. The van der Waals surface area contributed by atoms with E-state index in [0.29, 0.717) is 11.3 Å². The summed E-state index contributed by atoms with van der Waals surface area (Å²) >= 11 is 0. The van der Waals surface area contributed by atoms with Gasteiger partial charge in [-0.2, -0.15) is 0 Å². The fraction of sp³-hybridized carbons (Fsp3) is 0.111. The molecule has 1 heterocycles. The van der Waals surface area contributed by atoms with Crippen LogP contribution in [0.4, 0.5) is 5.69 Å². The van der Waals surface area contributed by atoms with Crippen LogP contribution < -0.4 is 11.1 Å². The third-order valence-corrected chi connectivity index (χ3v) is 3.79. The molecule has 3 aromatic rings. The number of primary amides is 1. The standard InChI is InChI=1S/C18H17N5O2/c1-11-6-8-13(9-7-11)23-10-15(21-22-23)18(25)20-14-5-3-4-12(2)16(14)17(19)24/h3-10H,1-2H3,(H2,19,24)(H,20,25). The number of nitrogens with zero attached hydrogens (tertiary/aromatic N) is 3. The summed E-state index contributed by atoms with van der Waals surface area (Å²) in [5, 5.41) is 10.5. The van der Waals surface area contributed by atoms with E-state index in [1.165, 1.54) is 10.9 Å². The van der Waals surface area contributed by atoms with Crippen molar-refractivity contribution in [3.63, 3.8) is 0 Å². The van der Waals surface area contributed by atoms with Crippen molar-refractivity contribution in [2.24, 2.45) is 5.73 Å². The van der Waals surface area contributed by atoms with Gasteiger partial charge in [-0.3, -0.25) is 9.59 Å². The second kappa shape index (κ2) is 6.56. The Morgan fingerprint density at radius 2 is 1.80 bits per heavy atom. The summed E-state index contributed by atoms with van der Waals surface area (Å²) in [5.74, 6) is -1.07. The molecule has 0 aliphatic rings. The molecule has 0 unspecified atom stereocenters. The molecule has 7 nitrogen and oxygen atoms in total. The SMILES string of the molecule is Cc1ccc(-n2cc(C(=O)Nc3cccc(C)c3C(N)=O)nn2)cc1. The number of carbonyl (C=O) groups excluding carboxylic acids is 2. The van der Waals surface area contributed by atoms with Gasteiger partial charge < -0.3 is 11.1 Å². The van der Waals surface area contributed by atoms with Gasteiger partial charge in [-0.15, -0.1) is 5.10 Å². The maximum Gasteiger partial charge on any atom is 0.277 e. The smallest absolute Gasteiger partial charge is 0.277 e. The van der Waals surface area contributed by atoms with Crippen LogP contribution in [0.2, 0.25) is 0 Å². The van der Waals surface area contributed by atoms with Crippen molar-refractivity contribution < 1.29 is 9.59 Å². The van der Waals surface area contributed by atoms with Crippen LogP contribution in [0.15, 0.2) is 48.7 Å². The van der Waals surface area contributed by atoms with Gasteiger partial charge >= 0.3 is 0 Å². The van der Waals surface area contributed by atoms with Gasteiger partial charge in [0.15, 0.2) is 5.69 Å². The lowest BCUT2D eigenvalue weighted by Gasteiger charge is -2.10. The van der Waals surface area contributed by atoms with Crippen LogP contribution >= 0.6 is 0 Å². The van der Waals surface area contributed by atoms with E-state index < -0.39 is 11.8 Å². The van der Waals surface area contributed by atoms with Gasteiger partial charge in [0, 0.05) is 0 Å². The number of hydrogen-bond donors (Lipinski definition) is 2. The molecule has 0 bridgehead atoms. The molecule has 0 fully saturated rings. The van der Waals surface area contributed by atoms with Crippen LogP contribution in [-0.4, -0.2) is 26.8 Å². The first-order chi connectivity index (χ1) is 12.0. The van der Waals surface area contributed by atoms with Crippen molar-refractivity contribution in [3.8, 4) is 5.69 Å². The Balaban J connectivity index is 1.85. The minimum atomic E-state index is -0.600. The Morgan fingerprint density at radius 1 is 1.08 bits per heavy atom. The number of anilines is 1. The molecule has 0 saturated heterocycles. The molecule has 0 atom stereocenters. The van der Waals surface area contributed by atoms with E-state index in [0.717, 1.165) is 11.3 Å². The van der Waals surface area contributed by atoms with Crippen LogP contribution in [0.25, 0.3) is 5.69 Å². The lowest BCUT2D eigenvalue weighted by atomic mass is 10.1. The lowest BCUT2D eigenvalue weighted by Crippen LogP contribution is -2.19. The Kier molecular flexibility index (Phi) is 4.30. The van der Waals surface area contributed by atoms with E-state index in [1.807, 2.05) is 31.2 Å². The molecule has 3 rings (SSSR count).